The van der Waals surface area contributed by atoms with Crippen molar-refractivity contribution in [2.24, 2.45) is 10.7 Å². The highest BCUT2D eigenvalue weighted by atomic mass is 15.1. The number of nitrogens with zero attached hydrogens (tertiary/aromatic N) is 3. The smallest absolute Gasteiger partial charge is 0.193 e. The molecule has 0 unspecified atom stereocenters. The molecule has 0 fully saturated rings. The number of nitrogens with two attached hydrogens (primary N) is 1. The largest absolute Gasteiger partial charge is 0.370 e. The Kier molecular flexibility index (Phi) is 6.18. The molecule has 0 amide bonds. The fourth-order valence-electron chi connectivity index (χ4n) is 2.55. The molecule has 0 spiro atoms. The molecule has 24 heavy (non-hydrogen) atoms. The lowest BCUT2D eigenvalue weighted by molar-refractivity contribution is 1.01. The van der Waals surface area contributed by atoms with E-state index < -0.39 is 0 Å². The maximum absolute atomic E-state index is 6.11. The Morgan fingerprint density at radius 1 is 1.17 bits per heavy atom. The van der Waals surface area contributed by atoms with Crippen molar-refractivity contribution in [1.82, 2.24) is 4.98 Å². The Bertz CT molecular complexity index is 684. The monoisotopic (exact) mass is 325 g/mol. The van der Waals surface area contributed by atoms with Gasteiger partial charge in [-0.25, -0.2) is 9.98 Å². The van der Waals surface area contributed by atoms with Gasteiger partial charge in [0.1, 0.15) is 5.82 Å². The maximum Gasteiger partial charge on any atom is 0.193 e. The number of hydrogen-bond donors (Lipinski definition) is 2. The maximum atomic E-state index is 6.11. The number of rotatable bonds is 6. The van der Waals surface area contributed by atoms with Crippen LogP contribution in [0.3, 0.4) is 0 Å². The Labute approximate surface area is 144 Å². The molecule has 0 bridgehead atoms. The SMILES string of the molecule is CCc1cccc(CC)c1NC(N)=NCc1ccnc(N(C)C)c1. The molecule has 5 nitrogen and oxygen atoms in total. The second-order valence-electron chi connectivity index (χ2n) is 5.90. The number of aryl methyl sites for hydroxylation is 2. The van der Waals surface area contributed by atoms with Crippen LogP contribution in [0.5, 0.6) is 0 Å². The number of benzene rings is 1. The van der Waals surface area contributed by atoms with E-state index in [9.17, 15) is 0 Å². The molecule has 1 aromatic heterocycles. The average molecular weight is 325 g/mol. The summed E-state index contributed by atoms with van der Waals surface area (Å²) in [6, 6.07) is 10.3. The Morgan fingerprint density at radius 2 is 1.83 bits per heavy atom. The van der Waals surface area contributed by atoms with E-state index in [0.717, 1.165) is 29.9 Å². The molecule has 2 aromatic rings. The highest BCUT2D eigenvalue weighted by Crippen LogP contribution is 2.22. The van der Waals surface area contributed by atoms with E-state index >= 15 is 0 Å². The van der Waals surface area contributed by atoms with Crippen molar-refractivity contribution in [2.45, 2.75) is 33.2 Å². The van der Waals surface area contributed by atoms with Crippen molar-refractivity contribution in [3.05, 3.63) is 53.2 Å². The van der Waals surface area contributed by atoms with Crippen LogP contribution in [0.2, 0.25) is 0 Å². The third-order valence-electron chi connectivity index (χ3n) is 3.95. The fraction of sp³-hybridized carbons (Fsp3) is 0.368. The van der Waals surface area contributed by atoms with Gasteiger partial charge in [-0.05, 0) is 41.7 Å². The minimum absolute atomic E-state index is 0.439. The van der Waals surface area contributed by atoms with Crippen molar-refractivity contribution in [1.29, 1.82) is 0 Å². The number of anilines is 2. The number of para-hydroxylation sites is 1. The number of aromatic nitrogens is 1. The van der Waals surface area contributed by atoms with Crippen molar-refractivity contribution < 1.29 is 0 Å². The van der Waals surface area contributed by atoms with Crippen LogP contribution in [0, 0.1) is 0 Å². The van der Waals surface area contributed by atoms with Gasteiger partial charge in [0.05, 0.1) is 6.54 Å². The molecule has 0 aliphatic carbocycles. The first-order valence-electron chi connectivity index (χ1n) is 8.35. The predicted octanol–water partition coefficient (Wildman–Crippen LogP) is 3.20. The zero-order valence-corrected chi connectivity index (χ0v) is 15.0. The molecule has 0 saturated carbocycles. The molecule has 3 N–H and O–H groups in total. The first kappa shape index (κ1) is 17.8. The average Bonchev–Trinajstić information content (AvgIpc) is 2.60. The Morgan fingerprint density at radius 3 is 2.42 bits per heavy atom. The molecule has 1 heterocycles. The quantitative estimate of drug-likeness (QED) is 0.632. The third kappa shape index (κ3) is 4.47. The van der Waals surface area contributed by atoms with Gasteiger partial charge in [-0.15, -0.1) is 0 Å². The van der Waals surface area contributed by atoms with Crippen molar-refractivity contribution in [2.75, 3.05) is 24.3 Å². The lowest BCUT2D eigenvalue weighted by atomic mass is 10.0. The summed E-state index contributed by atoms with van der Waals surface area (Å²) in [5.74, 6) is 1.35. The predicted molar refractivity (Wildman–Crippen MR) is 103 cm³/mol. The molecular weight excluding hydrogens is 298 g/mol. The lowest BCUT2D eigenvalue weighted by Gasteiger charge is -2.15. The van der Waals surface area contributed by atoms with Gasteiger partial charge in [-0.2, -0.15) is 0 Å². The molecule has 0 atom stereocenters. The second-order valence-corrected chi connectivity index (χ2v) is 5.90. The Balaban J connectivity index is 2.14. The first-order valence-corrected chi connectivity index (χ1v) is 8.35. The third-order valence-corrected chi connectivity index (χ3v) is 3.95. The molecule has 128 valence electrons. The van der Waals surface area contributed by atoms with E-state index in [0.29, 0.717) is 12.5 Å². The van der Waals surface area contributed by atoms with Crippen LogP contribution in [-0.4, -0.2) is 25.0 Å². The van der Waals surface area contributed by atoms with Crippen molar-refractivity contribution >= 4 is 17.5 Å². The molecule has 5 heteroatoms. The van der Waals surface area contributed by atoms with E-state index in [1.807, 2.05) is 31.1 Å². The normalized spacial score (nSPS) is 11.4. The van der Waals surface area contributed by atoms with Gasteiger partial charge in [-0.3, -0.25) is 0 Å². The van der Waals surface area contributed by atoms with Crippen molar-refractivity contribution in [3.63, 3.8) is 0 Å². The minimum atomic E-state index is 0.439. The molecule has 0 aliphatic rings. The van der Waals surface area contributed by atoms with Gasteiger partial charge in [0, 0.05) is 26.0 Å². The fourth-order valence-corrected chi connectivity index (χ4v) is 2.55. The molecular formula is C19H27N5. The van der Waals surface area contributed by atoms with Crippen LogP contribution in [0.15, 0.2) is 41.5 Å². The van der Waals surface area contributed by atoms with Crippen LogP contribution in [-0.2, 0) is 19.4 Å². The molecule has 0 saturated heterocycles. The number of hydrogen-bond acceptors (Lipinski definition) is 3. The van der Waals surface area contributed by atoms with Gasteiger partial charge >= 0.3 is 0 Å². The minimum Gasteiger partial charge on any atom is -0.370 e. The first-order chi connectivity index (χ1) is 11.5. The number of pyridine rings is 1. The summed E-state index contributed by atoms with van der Waals surface area (Å²) in [6.45, 7) is 4.82. The van der Waals surface area contributed by atoms with Crippen LogP contribution in [0.25, 0.3) is 0 Å². The summed E-state index contributed by atoms with van der Waals surface area (Å²) in [6.07, 6.45) is 3.71. The summed E-state index contributed by atoms with van der Waals surface area (Å²) in [5, 5.41) is 3.29. The van der Waals surface area contributed by atoms with Crippen LogP contribution >= 0.6 is 0 Å². The van der Waals surface area contributed by atoms with E-state index in [4.69, 9.17) is 5.73 Å². The lowest BCUT2D eigenvalue weighted by Crippen LogP contribution is -2.24. The molecule has 1 aromatic carbocycles. The zero-order chi connectivity index (χ0) is 17.5. The summed E-state index contributed by atoms with van der Waals surface area (Å²) in [4.78, 5) is 10.8. The topological polar surface area (TPSA) is 66.5 Å². The summed E-state index contributed by atoms with van der Waals surface area (Å²) < 4.78 is 0. The van der Waals surface area contributed by atoms with Gasteiger partial charge in [0.15, 0.2) is 5.96 Å². The van der Waals surface area contributed by atoms with Crippen LogP contribution in [0.4, 0.5) is 11.5 Å². The van der Waals surface area contributed by atoms with Gasteiger partial charge in [-0.1, -0.05) is 32.0 Å². The van der Waals surface area contributed by atoms with E-state index in [1.165, 1.54) is 11.1 Å². The zero-order valence-electron chi connectivity index (χ0n) is 15.0. The second kappa shape index (κ2) is 8.34. The highest BCUT2D eigenvalue weighted by molar-refractivity contribution is 5.93. The van der Waals surface area contributed by atoms with Gasteiger partial charge in [0.2, 0.25) is 0 Å². The summed E-state index contributed by atoms with van der Waals surface area (Å²) >= 11 is 0. The van der Waals surface area contributed by atoms with E-state index in [1.54, 1.807) is 6.20 Å². The Hall–Kier alpha value is -2.56. The number of aliphatic imine (C=N–C) groups is 1. The number of nitrogens with one attached hydrogen (secondary N) is 1. The number of guanidine groups is 1. The molecule has 2 rings (SSSR count). The summed E-state index contributed by atoms with van der Waals surface area (Å²) in [7, 11) is 3.94. The van der Waals surface area contributed by atoms with E-state index in [-0.39, 0.29) is 0 Å². The van der Waals surface area contributed by atoms with E-state index in [2.05, 4.69) is 47.3 Å². The van der Waals surface area contributed by atoms with Crippen LogP contribution < -0.4 is 16.0 Å². The molecule has 0 aliphatic heterocycles. The summed E-state index contributed by atoms with van der Waals surface area (Å²) in [5.41, 5.74) is 10.8. The molecule has 0 radical (unpaired) electrons. The van der Waals surface area contributed by atoms with Crippen LogP contribution in [0.1, 0.15) is 30.5 Å². The van der Waals surface area contributed by atoms with Gasteiger partial charge < -0.3 is 16.0 Å². The standard InChI is InChI=1S/C19H27N5/c1-5-15-8-7-9-16(6-2)18(15)23-19(20)22-13-14-10-11-21-17(12-14)24(3)4/h7-12H,5-6,13H2,1-4H3,(H3,20,22,23). The van der Waals surface area contributed by atoms with Gasteiger partial charge in [0.25, 0.3) is 0 Å². The highest BCUT2D eigenvalue weighted by Gasteiger charge is 2.07. The van der Waals surface area contributed by atoms with Crippen molar-refractivity contribution in [3.8, 4) is 0 Å².